The number of para-hydroxylation sites is 2. The Bertz CT molecular complexity index is 1720. The first-order valence-electron chi connectivity index (χ1n) is 19.0. The van der Waals surface area contributed by atoms with Crippen molar-refractivity contribution in [3.05, 3.63) is 72.8 Å². The van der Waals surface area contributed by atoms with E-state index in [1.165, 1.54) is 80.0 Å². The van der Waals surface area contributed by atoms with Crippen molar-refractivity contribution in [1.29, 1.82) is 0 Å². The number of hydrogen-bond donors (Lipinski definition) is 4. The number of ether oxygens (including phenoxy) is 1. The number of thiazole rings is 2. The number of carbonyl (C=O) groups is 4. The fourth-order valence-electron chi connectivity index (χ4n) is 6.44. The van der Waals surface area contributed by atoms with Gasteiger partial charge in [0.05, 0.1) is 20.4 Å². The van der Waals surface area contributed by atoms with Crippen LogP contribution in [-0.4, -0.2) is 57.0 Å². The number of nitrogens with zero attached hydrogens (tertiary/aromatic N) is 2. The minimum absolute atomic E-state index is 0.231. The van der Waals surface area contributed by atoms with E-state index in [2.05, 4.69) is 65.9 Å². The second-order valence-corrected chi connectivity index (χ2v) is 17.8. The summed E-state index contributed by atoms with van der Waals surface area (Å²) in [6.07, 6.45) is 23.2. The maximum Gasteiger partial charge on any atom is 0.338 e. The summed E-state index contributed by atoms with van der Waals surface area (Å²) >= 11 is 6.97. The van der Waals surface area contributed by atoms with E-state index < -0.39 is 17.9 Å². The lowest BCUT2D eigenvalue weighted by atomic mass is 9.95. The van der Waals surface area contributed by atoms with Crippen molar-refractivity contribution in [3.8, 4) is 0 Å². The van der Waals surface area contributed by atoms with E-state index in [-0.39, 0.29) is 11.9 Å². The molecule has 3 aliphatic carbocycles. The van der Waals surface area contributed by atoms with Gasteiger partial charge in [-0.3, -0.25) is 14.2 Å². The molecule has 0 saturated heterocycles. The number of carbonyl (C=O) groups excluding carboxylic acids is 3. The summed E-state index contributed by atoms with van der Waals surface area (Å²) in [5, 5.41) is 11.1. The molecule has 55 heavy (non-hydrogen) atoms. The molecule has 8 rings (SSSR count). The van der Waals surface area contributed by atoms with Crippen LogP contribution in [0.2, 0.25) is 0 Å². The predicted octanol–water partition coefficient (Wildman–Crippen LogP) is 9.15. The Balaban J connectivity index is 0.000000146. The highest BCUT2D eigenvalue weighted by atomic mass is 32.2. The van der Waals surface area contributed by atoms with Crippen LogP contribution in [0.5, 0.6) is 0 Å². The molecule has 3 heterocycles. The summed E-state index contributed by atoms with van der Waals surface area (Å²) in [5.74, 6) is -2.56. The third kappa shape index (κ3) is 15.8. The van der Waals surface area contributed by atoms with E-state index in [9.17, 15) is 19.2 Å². The Hall–Kier alpha value is -3.60. The number of nitrogens with one attached hydrogen (secondary N) is 3. The van der Waals surface area contributed by atoms with Gasteiger partial charge in [0.1, 0.15) is 0 Å². The van der Waals surface area contributed by atoms with E-state index in [0.29, 0.717) is 12.1 Å². The van der Waals surface area contributed by atoms with Crippen LogP contribution >= 0.6 is 46.6 Å². The number of aliphatic carboxylic acids is 1. The quantitative estimate of drug-likeness (QED) is 0.0550. The molecule has 4 aliphatic rings. The number of cyclic esters (lactones) is 2. The highest BCUT2D eigenvalue weighted by Gasteiger charge is 2.16. The fourth-order valence-corrected chi connectivity index (χ4v) is 10.3. The summed E-state index contributed by atoms with van der Waals surface area (Å²) in [7, 11) is 0. The third-order valence-corrected chi connectivity index (χ3v) is 13.4. The van der Waals surface area contributed by atoms with Gasteiger partial charge in [-0.25, -0.2) is 24.4 Å². The Labute approximate surface area is 338 Å². The van der Waals surface area contributed by atoms with E-state index in [0.717, 1.165) is 69.7 Å². The summed E-state index contributed by atoms with van der Waals surface area (Å²) < 4.78 is 15.9. The molecular formula is C40H49N5O6S4. The molecule has 11 nitrogen and oxygen atoms in total. The first-order valence-corrected chi connectivity index (χ1v) is 22.3. The Kier molecular flexibility index (Phi) is 18.1. The Morgan fingerprint density at radius 3 is 1.44 bits per heavy atom. The zero-order chi connectivity index (χ0) is 38.7. The van der Waals surface area contributed by atoms with Crippen LogP contribution in [0.4, 0.5) is 0 Å². The zero-order valence-electron chi connectivity index (χ0n) is 30.8. The van der Waals surface area contributed by atoms with E-state index >= 15 is 0 Å². The van der Waals surface area contributed by atoms with Gasteiger partial charge in [0, 0.05) is 42.4 Å². The molecule has 0 atom stereocenters. The molecule has 1 amide bonds. The Morgan fingerprint density at radius 2 is 1.05 bits per heavy atom. The Morgan fingerprint density at radius 1 is 0.636 bits per heavy atom. The predicted molar refractivity (Wildman–Crippen MR) is 223 cm³/mol. The molecule has 3 fully saturated rings. The normalized spacial score (nSPS) is 17.8. The molecule has 2 aromatic carbocycles. The molecule has 0 unspecified atom stereocenters. The molecule has 3 saturated carbocycles. The zero-order valence-corrected chi connectivity index (χ0v) is 34.0. The number of hydrogen-bond acceptors (Lipinski definition) is 13. The van der Waals surface area contributed by atoms with Crippen molar-refractivity contribution in [2.45, 2.75) is 123 Å². The van der Waals surface area contributed by atoms with Crippen molar-refractivity contribution >= 4 is 90.8 Å². The first-order chi connectivity index (χ1) is 26.8. The number of fused-ring (bicyclic) bond motifs is 2. The number of rotatable bonds is 9. The summed E-state index contributed by atoms with van der Waals surface area (Å²) in [6, 6.07) is 18.3. The van der Waals surface area contributed by atoms with Crippen molar-refractivity contribution in [3.63, 3.8) is 0 Å². The van der Waals surface area contributed by atoms with Gasteiger partial charge < -0.3 is 15.2 Å². The van der Waals surface area contributed by atoms with Gasteiger partial charge in [0.2, 0.25) is 5.91 Å². The van der Waals surface area contributed by atoms with Crippen molar-refractivity contribution in [2.75, 3.05) is 0 Å². The van der Waals surface area contributed by atoms with Crippen LogP contribution in [0.1, 0.15) is 96.3 Å². The molecule has 0 radical (unpaired) electrons. The number of benzene rings is 2. The monoisotopic (exact) mass is 823 g/mol. The minimum Gasteiger partial charge on any atom is -0.478 e. The van der Waals surface area contributed by atoms with E-state index in [1.807, 2.05) is 12.1 Å². The molecule has 294 valence electrons. The molecule has 4 aromatic rings. The van der Waals surface area contributed by atoms with Crippen LogP contribution in [0, 0.1) is 0 Å². The average molecular weight is 824 g/mol. The van der Waals surface area contributed by atoms with Gasteiger partial charge in [-0.05, 0) is 86.7 Å². The highest BCUT2D eigenvalue weighted by Crippen LogP contribution is 2.31. The van der Waals surface area contributed by atoms with Crippen molar-refractivity contribution in [2.24, 2.45) is 0 Å². The summed E-state index contributed by atoms with van der Waals surface area (Å²) in [6.45, 7) is 0. The maximum atomic E-state index is 11.2. The lowest BCUT2D eigenvalue weighted by Gasteiger charge is -2.21. The molecule has 2 aromatic heterocycles. The SMILES string of the molecule is O=C(O)/C=C\C(=O)NC1CCCCC1.O=C1C=CC(=O)O1.c1ccc2sc(SNC3CCCCC3)nc2c1.c1ccc2sc(SNC3CCCCC3)nc2c1. The second-order valence-electron chi connectivity index (χ2n) is 13.6. The first kappa shape index (κ1) is 42.5. The third-order valence-electron chi connectivity index (χ3n) is 9.27. The number of carboxylic acids is 1. The van der Waals surface area contributed by atoms with E-state index in [1.54, 1.807) is 46.6 Å². The molecular weight excluding hydrogens is 775 g/mol. The number of amides is 1. The number of esters is 2. The van der Waals surface area contributed by atoms with Crippen molar-refractivity contribution < 1.29 is 29.0 Å². The molecule has 4 N–H and O–H groups in total. The van der Waals surface area contributed by atoms with Crippen LogP contribution in [0.15, 0.2) is 81.5 Å². The lowest BCUT2D eigenvalue weighted by Crippen LogP contribution is -2.35. The standard InChI is InChI=1S/2C13H16N2S2.C10H15NO3.C4H2O3/c2*1-2-6-10(7-3-1)15-17-13-14-11-8-4-5-9-12(11)16-13;12-9(6-7-10(13)14)11-8-4-2-1-3-5-8;5-3-1-2-4(6)7-3/h2*4-5,8-10,15H,1-3,6-7H2;6-8H,1-5H2,(H,11,12)(H,13,14);1-2H/b;;7-6-;. The largest absolute Gasteiger partial charge is 0.478 e. The van der Waals surface area contributed by atoms with Gasteiger partial charge >= 0.3 is 17.9 Å². The number of carboxylic acid groups (broad SMARTS) is 1. The van der Waals surface area contributed by atoms with Crippen LogP contribution in [0.25, 0.3) is 20.4 Å². The summed E-state index contributed by atoms with van der Waals surface area (Å²) in [4.78, 5) is 50.4. The topological polar surface area (TPSA) is 160 Å². The lowest BCUT2D eigenvalue weighted by molar-refractivity contribution is -0.150. The fraction of sp³-hybridized carbons (Fsp3) is 0.450. The van der Waals surface area contributed by atoms with Gasteiger partial charge in [0.25, 0.3) is 0 Å². The maximum absolute atomic E-state index is 11.2. The smallest absolute Gasteiger partial charge is 0.338 e. The van der Waals surface area contributed by atoms with Crippen LogP contribution in [-0.2, 0) is 23.9 Å². The minimum atomic E-state index is -1.09. The molecule has 1 aliphatic heterocycles. The average Bonchev–Trinajstić information content (AvgIpc) is 3.94. The van der Waals surface area contributed by atoms with Gasteiger partial charge in [-0.2, -0.15) is 0 Å². The van der Waals surface area contributed by atoms with Gasteiger partial charge in [-0.15, -0.1) is 22.7 Å². The molecule has 0 bridgehead atoms. The summed E-state index contributed by atoms with van der Waals surface area (Å²) in [5.41, 5.74) is 2.23. The van der Waals surface area contributed by atoms with Crippen LogP contribution < -0.4 is 14.8 Å². The molecule has 15 heteroatoms. The van der Waals surface area contributed by atoms with E-state index in [4.69, 9.17) is 5.11 Å². The van der Waals surface area contributed by atoms with Crippen molar-refractivity contribution in [1.82, 2.24) is 24.7 Å². The van der Waals surface area contributed by atoms with Gasteiger partial charge in [-0.1, -0.05) is 82.1 Å². The second kappa shape index (κ2) is 23.5. The highest BCUT2D eigenvalue weighted by molar-refractivity contribution is 7.99. The number of aromatic nitrogens is 2. The van der Waals surface area contributed by atoms with Gasteiger partial charge in [0.15, 0.2) is 8.68 Å². The van der Waals surface area contributed by atoms with Crippen LogP contribution in [0.3, 0.4) is 0 Å². The molecule has 0 spiro atoms.